The van der Waals surface area contributed by atoms with Crippen molar-refractivity contribution in [2.45, 2.75) is 18.9 Å². The summed E-state index contributed by atoms with van der Waals surface area (Å²) in [5.41, 5.74) is 5.97. The second-order valence-electron chi connectivity index (χ2n) is 12.7. The highest BCUT2D eigenvalue weighted by Gasteiger charge is 2.25. The molecule has 2 fully saturated rings. The Kier molecular flexibility index (Phi) is 9.18. The fourth-order valence-electron chi connectivity index (χ4n) is 6.32. The molecule has 0 unspecified atom stereocenters. The molecule has 7 rings (SSSR count). The number of aromatic nitrogens is 5. The summed E-state index contributed by atoms with van der Waals surface area (Å²) in [6.07, 6.45) is 7.53. The number of nitrogens with one attached hydrogen (secondary N) is 2. The van der Waals surface area contributed by atoms with Crippen LogP contribution in [0.5, 0.6) is 0 Å². The number of benzene rings is 2. The first-order valence-corrected chi connectivity index (χ1v) is 16.5. The van der Waals surface area contributed by atoms with Gasteiger partial charge >= 0.3 is 6.03 Å². The molecule has 0 atom stereocenters. The van der Waals surface area contributed by atoms with Crippen molar-refractivity contribution in [1.82, 2.24) is 34.5 Å². The molecule has 2 N–H and O–H groups in total. The second-order valence-corrected chi connectivity index (χ2v) is 12.7. The third kappa shape index (κ3) is 7.22. The zero-order valence-electron chi connectivity index (χ0n) is 28.0. The Morgan fingerprint density at radius 3 is 2.14 bits per heavy atom. The Hall–Kier alpha value is -5.40. The average molecular weight is 661 g/mol. The van der Waals surface area contributed by atoms with Crippen LogP contribution in [0.3, 0.4) is 0 Å². The number of rotatable bonds is 7. The molecule has 5 heterocycles. The molecule has 0 saturated carbocycles. The number of ether oxygens (including phenoxy) is 1. The number of hydrogen-bond donors (Lipinski definition) is 2. The molecule has 5 aromatic rings. The summed E-state index contributed by atoms with van der Waals surface area (Å²) in [6.45, 7) is 4.16. The number of urea groups is 1. The first-order chi connectivity index (χ1) is 23.8. The van der Waals surface area contributed by atoms with Gasteiger partial charge in [0.25, 0.3) is 5.91 Å². The van der Waals surface area contributed by atoms with E-state index in [1.54, 1.807) is 28.9 Å². The van der Waals surface area contributed by atoms with Gasteiger partial charge in [0.2, 0.25) is 0 Å². The number of carbonyl (C=O) groups excluding carboxylic acids is 2. The quantitative estimate of drug-likeness (QED) is 0.254. The summed E-state index contributed by atoms with van der Waals surface area (Å²) in [5, 5.41) is 10.0. The minimum absolute atomic E-state index is 0.0194. The van der Waals surface area contributed by atoms with Crippen LogP contribution in [-0.4, -0.2) is 106 Å². The molecule has 0 radical (unpaired) electrons. The van der Waals surface area contributed by atoms with Crippen LogP contribution in [0.2, 0.25) is 0 Å². The van der Waals surface area contributed by atoms with Gasteiger partial charge in [0, 0.05) is 85.3 Å². The molecule has 2 saturated heterocycles. The highest BCUT2D eigenvalue weighted by Crippen LogP contribution is 2.30. The summed E-state index contributed by atoms with van der Waals surface area (Å²) in [4.78, 5) is 46.8. The van der Waals surface area contributed by atoms with E-state index in [1.807, 2.05) is 60.9 Å². The van der Waals surface area contributed by atoms with E-state index >= 15 is 0 Å². The maximum Gasteiger partial charge on any atom is 0.323 e. The van der Waals surface area contributed by atoms with Crippen molar-refractivity contribution in [2.75, 3.05) is 69.0 Å². The molecule has 13 heteroatoms. The Morgan fingerprint density at radius 2 is 1.51 bits per heavy atom. The third-order valence-electron chi connectivity index (χ3n) is 9.14. The summed E-state index contributed by atoms with van der Waals surface area (Å²) < 4.78 is 7.34. The van der Waals surface area contributed by atoms with Crippen LogP contribution < -0.4 is 15.5 Å². The molecule has 2 aliphatic heterocycles. The maximum atomic E-state index is 13.0. The van der Waals surface area contributed by atoms with Gasteiger partial charge in [-0.3, -0.25) is 14.5 Å². The monoisotopic (exact) mass is 660 g/mol. The lowest BCUT2D eigenvalue weighted by Crippen LogP contribution is -2.44. The van der Waals surface area contributed by atoms with E-state index in [2.05, 4.69) is 39.6 Å². The van der Waals surface area contributed by atoms with Gasteiger partial charge in [-0.15, -0.1) is 0 Å². The van der Waals surface area contributed by atoms with Gasteiger partial charge in [-0.25, -0.2) is 14.8 Å². The number of aryl methyl sites for hydroxylation is 1. The molecule has 3 aromatic heterocycles. The van der Waals surface area contributed by atoms with Crippen molar-refractivity contribution >= 4 is 40.2 Å². The summed E-state index contributed by atoms with van der Waals surface area (Å²) in [6, 6.07) is 16.6. The van der Waals surface area contributed by atoms with Gasteiger partial charge in [0.05, 0.1) is 24.9 Å². The second kappa shape index (κ2) is 14.0. The standard InChI is InChI=1S/C36H40N10O3/c1-43(2)30-12-14-46(15-13-30)35(47)25-6-10-29(11-7-25)40-36(48)39-28-8-4-24(5-9-28)33-41-31-20-26(27-22-38-44(3)23-27)21-37-32(31)34(42-33)45-16-18-49-19-17-45/h4-11,20-23,30H,12-19H2,1-3H3,(H2,39,40,48). The number of pyridine rings is 1. The van der Waals surface area contributed by atoms with E-state index in [0.29, 0.717) is 55.1 Å². The minimum atomic E-state index is -0.386. The first kappa shape index (κ1) is 32.2. The summed E-state index contributed by atoms with van der Waals surface area (Å²) >= 11 is 0. The van der Waals surface area contributed by atoms with Crippen LogP contribution in [0.15, 0.2) is 73.2 Å². The van der Waals surface area contributed by atoms with Crippen LogP contribution >= 0.6 is 0 Å². The first-order valence-electron chi connectivity index (χ1n) is 16.5. The number of hydrogen-bond acceptors (Lipinski definition) is 9. The molecule has 13 nitrogen and oxygen atoms in total. The lowest BCUT2D eigenvalue weighted by molar-refractivity contribution is 0.0663. The number of fused-ring (bicyclic) bond motifs is 1. The number of carbonyl (C=O) groups is 2. The van der Waals surface area contributed by atoms with E-state index < -0.39 is 0 Å². The molecular formula is C36H40N10O3. The lowest BCUT2D eigenvalue weighted by Gasteiger charge is -2.35. The Balaban J connectivity index is 1.03. The molecule has 3 amide bonds. The van der Waals surface area contributed by atoms with Crippen molar-refractivity contribution in [3.8, 4) is 22.5 Å². The molecule has 252 valence electrons. The van der Waals surface area contributed by atoms with Crippen LogP contribution in [-0.2, 0) is 11.8 Å². The smallest absolute Gasteiger partial charge is 0.323 e. The van der Waals surface area contributed by atoms with Crippen LogP contribution in [0.1, 0.15) is 23.2 Å². The van der Waals surface area contributed by atoms with Crippen molar-refractivity contribution < 1.29 is 14.3 Å². The zero-order chi connectivity index (χ0) is 33.9. The van der Waals surface area contributed by atoms with Gasteiger partial charge in [0.1, 0.15) is 5.52 Å². The van der Waals surface area contributed by atoms with Crippen molar-refractivity contribution in [1.29, 1.82) is 0 Å². The predicted molar refractivity (Wildman–Crippen MR) is 190 cm³/mol. The number of amides is 3. The number of nitrogens with zero attached hydrogens (tertiary/aromatic N) is 8. The van der Waals surface area contributed by atoms with Crippen LogP contribution in [0.4, 0.5) is 22.0 Å². The van der Waals surface area contributed by atoms with E-state index in [9.17, 15) is 9.59 Å². The van der Waals surface area contributed by atoms with E-state index in [0.717, 1.165) is 59.5 Å². The number of likely N-dealkylation sites (tertiary alicyclic amines) is 1. The fourth-order valence-corrected chi connectivity index (χ4v) is 6.32. The van der Waals surface area contributed by atoms with Crippen LogP contribution in [0.25, 0.3) is 33.5 Å². The largest absolute Gasteiger partial charge is 0.378 e. The summed E-state index contributed by atoms with van der Waals surface area (Å²) in [7, 11) is 6.05. The highest BCUT2D eigenvalue weighted by molar-refractivity contribution is 6.00. The van der Waals surface area contributed by atoms with Gasteiger partial charge in [0.15, 0.2) is 11.6 Å². The average Bonchev–Trinajstić information content (AvgIpc) is 3.57. The number of morpholine rings is 1. The normalized spacial score (nSPS) is 15.5. The number of anilines is 3. The third-order valence-corrected chi connectivity index (χ3v) is 9.14. The molecular weight excluding hydrogens is 620 g/mol. The Bertz CT molecular complexity index is 1940. The SMILES string of the molecule is CN(C)C1CCN(C(=O)c2ccc(NC(=O)Nc3ccc(-c4nc(N5CCOCC5)c5ncc(-c6cnn(C)c6)cc5n4)cc3)cc2)CC1. The van der Waals surface area contributed by atoms with Gasteiger partial charge < -0.3 is 30.1 Å². The Labute approximate surface area is 284 Å². The minimum Gasteiger partial charge on any atom is -0.378 e. The van der Waals surface area contributed by atoms with Gasteiger partial charge in [-0.2, -0.15) is 5.10 Å². The molecule has 2 aliphatic rings. The highest BCUT2D eigenvalue weighted by atomic mass is 16.5. The molecule has 0 bridgehead atoms. The van der Waals surface area contributed by atoms with Gasteiger partial charge in [-0.05, 0) is 81.5 Å². The molecule has 2 aromatic carbocycles. The van der Waals surface area contributed by atoms with E-state index in [-0.39, 0.29) is 11.9 Å². The molecule has 49 heavy (non-hydrogen) atoms. The van der Waals surface area contributed by atoms with E-state index in [1.165, 1.54) is 0 Å². The van der Waals surface area contributed by atoms with Crippen molar-refractivity contribution in [2.24, 2.45) is 7.05 Å². The maximum absolute atomic E-state index is 13.0. The fraction of sp³-hybridized carbons (Fsp3) is 0.333. The topological polar surface area (TPSA) is 134 Å². The number of piperidine rings is 1. The molecule has 0 aliphatic carbocycles. The zero-order valence-corrected chi connectivity index (χ0v) is 28.0. The van der Waals surface area contributed by atoms with E-state index in [4.69, 9.17) is 19.7 Å². The predicted octanol–water partition coefficient (Wildman–Crippen LogP) is 4.74. The lowest BCUT2D eigenvalue weighted by atomic mass is 10.0. The molecule has 0 spiro atoms. The summed E-state index contributed by atoms with van der Waals surface area (Å²) in [5.74, 6) is 1.35. The van der Waals surface area contributed by atoms with Crippen molar-refractivity contribution in [3.63, 3.8) is 0 Å². The van der Waals surface area contributed by atoms with Gasteiger partial charge in [-0.1, -0.05) is 0 Å². The Morgan fingerprint density at radius 1 is 0.837 bits per heavy atom. The van der Waals surface area contributed by atoms with Crippen molar-refractivity contribution in [3.05, 3.63) is 78.8 Å². The van der Waals surface area contributed by atoms with Crippen LogP contribution in [0, 0.1) is 0 Å².